The summed E-state index contributed by atoms with van der Waals surface area (Å²) in [6.45, 7) is 0.537. The zero-order chi connectivity index (χ0) is 13.9. The van der Waals surface area contributed by atoms with Crippen molar-refractivity contribution in [2.75, 3.05) is 7.05 Å². The van der Waals surface area contributed by atoms with Crippen LogP contribution in [0.5, 0.6) is 0 Å². The number of aliphatic hydroxyl groups excluding tert-OH is 1. The van der Waals surface area contributed by atoms with E-state index in [9.17, 15) is 5.11 Å². The van der Waals surface area contributed by atoms with Gasteiger partial charge in [-0.15, -0.1) is 0 Å². The van der Waals surface area contributed by atoms with Crippen molar-refractivity contribution in [3.05, 3.63) is 24.3 Å². The van der Waals surface area contributed by atoms with Crippen LogP contribution in [0.15, 0.2) is 27.3 Å². The molecular weight excluding hydrogens is 258 g/mol. The van der Waals surface area contributed by atoms with Gasteiger partial charge in [-0.1, -0.05) is 18.0 Å². The largest absolute Gasteiger partial charge is 0.461 e. The van der Waals surface area contributed by atoms with Crippen LogP contribution in [0.1, 0.15) is 31.6 Å². The molecule has 6 heteroatoms. The van der Waals surface area contributed by atoms with Crippen LogP contribution in [0.4, 0.5) is 0 Å². The molecule has 6 nitrogen and oxygen atoms in total. The van der Waals surface area contributed by atoms with Crippen molar-refractivity contribution in [3.63, 3.8) is 0 Å². The Morgan fingerprint density at radius 1 is 1.40 bits per heavy atom. The first-order chi connectivity index (χ1) is 9.74. The minimum Gasteiger partial charge on any atom is -0.461 e. The van der Waals surface area contributed by atoms with Crippen molar-refractivity contribution in [3.8, 4) is 11.6 Å². The molecule has 1 saturated carbocycles. The summed E-state index contributed by atoms with van der Waals surface area (Å²) >= 11 is 0. The molecule has 2 heterocycles. The second-order valence-corrected chi connectivity index (χ2v) is 5.32. The maximum Gasteiger partial charge on any atom is 0.241 e. The van der Waals surface area contributed by atoms with Crippen LogP contribution in [0.2, 0.25) is 0 Å². The average Bonchev–Trinajstić information content (AvgIpc) is 3.09. The van der Waals surface area contributed by atoms with E-state index in [0.717, 1.165) is 25.7 Å². The molecule has 0 radical (unpaired) electrons. The van der Waals surface area contributed by atoms with Crippen LogP contribution >= 0.6 is 0 Å². The topological polar surface area (TPSA) is 75.5 Å². The van der Waals surface area contributed by atoms with E-state index in [4.69, 9.17) is 8.94 Å². The molecule has 2 unspecified atom stereocenters. The molecule has 0 aliphatic heterocycles. The number of hydrogen-bond acceptors (Lipinski definition) is 6. The van der Waals surface area contributed by atoms with Gasteiger partial charge in [0.2, 0.25) is 11.7 Å². The van der Waals surface area contributed by atoms with Crippen molar-refractivity contribution in [2.24, 2.45) is 0 Å². The monoisotopic (exact) mass is 277 g/mol. The molecule has 20 heavy (non-hydrogen) atoms. The molecular formula is C14H19N3O3. The number of hydrogen-bond donors (Lipinski definition) is 1. The molecule has 2 aromatic heterocycles. The fourth-order valence-electron chi connectivity index (χ4n) is 2.76. The molecule has 0 bridgehead atoms. The number of aliphatic hydroxyl groups is 1. The lowest BCUT2D eigenvalue weighted by Crippen LogP contribution is -2.42. The highest BCUT2D eigenvalue weighted by Gasteiger charge is 2.27. The summed E-state index contributed by atoms with van der Waals surface area (Å²) in [7, 11) is 1.98. The Hall–Kier alpha value is -1.66. The molecule has 1 N–H and O–H groups in total. The van der Waals surface area contributed by atoms with Crippen molar-refractivity contribution in [2.45, 2.75) is 44.4 Å². The molecule has 0 amide bonds. The van der Waals surface area contributed by atoms with E-state index in [1.165, 1.54) is 0 Å². The summed E-state index contributed by atoms with van der Waals surface area (Å²) in [5.41, 5.74) is 0. The van der Waals surface area contributed by atoms with Gasteiger partial charge in [-0.25, -0.2) is 0 Å². The maximum atomic E-state index is 10.0. The lowest BCUT2D eigenvalue weighted by atomic mass is 9.91. The van der Waals surface area contributed by atoms with Gasteiger partial charge in [0.15, 0.2) is 5.76 Å². The van der Waals surface area contributed by atoms with E-state index in [-0.39, 0.29) is 12.1 Å². The molecule has 1 aliphatic rings. The summed E-state index contributed by atoms with van der Waals surface area (Å²) in [6, 6.07) is 3.75. The van der Waals surface area contributed by atoms with Crippen LogP contribution in [0.3, 0.4) is 0 Å². The fraction of sp³-hybridized carbons (Fsp3) is 0.571. The molecule has 2 aromatic rings. The lowest BCUT2D eigenvalue weighted by molar-refractivity contribution is 0.0248. The van der Waals surface area contributed by atoms with Gasteiger partial charge in [0, 0.05) is 6.04 Å². The molecule has 0 spiro atoms. The van der Waals surface area contributed by atoms with Crippen molar-refractivity contribution >= 4 is 0 Å². The first-order valence-electron chi connectivity index (χ1n) is 6.99. The van der Waals surface area contributed by atoms with Gasteiger partial charge in [0.05, 0.1) is 18.9 Å². The van der Waals surface area contributed by atoms with Crippen LogP contribution in [-0.2, 0) is 6.54 Å². The minimum atomic E-state index is -0.263. The summed E-state index contributed by atoms with van der Waals surface area (Å²) in [5.74, 6) is 1.60. The van der Waals surface area contributed by atoms with Gasteiger partial charge in [-0.2, -0.15) is 4.98 Å². The molecule has 1 aliphatic carbocycles. The highest BCUT2D eigenvalue weighted by Crippen LogP contribution is 2.24. The average molecular weight is 277 g/mol. The number of aromatic nitrogens is 2. The third-order valence-corrected chi connectivity index (χ3v) is 3.85. The molecule has 1 fully saturated rings. The van der Waals surface area contributed by atoms with E-state index in [1.54, 1.807) is 18.4 Å². The van der Waals surface area contributed by atoms with E-state index in [0.29, 0.717) is 24.0 Å². The molecule has 0 saturated heterocycles. The zero-order valence-corrected chi connectivity index (χ0v) is 11.5. The van der Waals surface area contributed by atoms with Crippen molar-refractivity contribution < 1.29 is 14.0 Å². The Labute approximate surface area is 117 Å². The smallest absolute Gasteiger partial charge is 0.241 e. The number of furan rings is 1. The second-order valence-electron chi connectivity index (χ2n) is 5.32. The minimum absolute atomic E-state index is 0.169. The van der Waals surface area contributed by atoms with Gasteiger partial charge >= 0.3 is 0 Å². The summed E-state index contributed by atoms with van der Waals surface area (Å²) in [4.78, 5) is 6.40. The first kappa shape index (κ1) is 13.3. The summed E-state index contributed by atoms with van der Waals surface area (Å²) in [5, 5.41) is 14.0. The SMILES string of the molecule is CN(Cc1nc(-c2ccco2)no1)C1CCCCC1O. The number of likely N-dealkylation sites (N-methyl/N-ethyl adjacent to an activating group) is 1. The van der Waals surface area contributed by atoms with Gasteiger partial charge in [-0.3, -0.25) is 4.90 Å². The number of rotatable bonds is 4. The Morgan fingerprint density at radius 2 is 2.25 bits per heavy atom. The normalized spacial score (nSPS) is 23.4. The van der Waals surface area contributed by atoms with E-state index >= 15 is 0 Å². The predicted octanol–water partition coefficient (Wildman–Crippen LogP) is 2.06. The zero-order valence-electron chi connectivity index (χ0n) is 11.5. The van der Waals surface area contributed by atoms with E-state index in [2.05, 4.69) is 15.0 Å². The first-order valence-corrected chi connectivity index (χ1v) is 6.99. The van der Waals surface area contributed by atoms with Crippen molar-refractivity contribution in [1.82, 2.24) is 15.0 Å². The van der Waals surface area contributed by atoms with Gasteiger partial charge < -0.3 is 14.0 Å². The quantitative estimate of drug-likeness (QED) is 0.922. The predicted molar refractivity (Wildman–Crippen MR) is 71.7 cm³/mol. The third kappa shape index (κ3) is 2.76. The van der Waals surface area contributed by atoms with Crippen LogP contribution in [0.25, 0.3) is 11.6 Å². The second kappa shape index (κ2) is 5.76. The lowest BCUT2D eigenvalue weighted by Gasteiger charge is -2.34. The molecule has 108 valence electrons. The van der Waals surface area contributed by atoms with Gasteiger partial charge in [0.25, 0.3) is 0 Å². The third-order valence-electron chi connectivity index (χ3n) is 3.85. The summed E-state index contributed by atoms with van der Waals surface area (Å²) < 4.78 is 10.5. The highest BCUT2D eigenvalue weighted by atomic mass is 16.5. The standard InChI is InChI=1S/C14H19N3O3/c1-17(10-5-2-3-6-11(10)18)9-13-15-14(16-20-13)12-7-4-8-19-12/h4,7-8,10-11,18H,2-3,5-6,9H2,1H3. The fourth-order valence-corrected chi connectivity index (χ4v) is 2.76. The Morgan fingerprint density at radius 3 is 3.00 bits per heavy atom. The molecule has 0 aromatic carbocycles. The Bertz CT molecular complexity index is 538. The van der Waals surface area contributed by atoms with Gasteiger partial charge in [-0.05, 0) is 32.0 Å². The number of nitrogens with zero attached hydrogens (tertiary/aromatic N) is 3. The molecule has 3 rings (SSSR count). The Balaban J connectivity index is 1.65. The maximum absolute atomic E-state index is 10.0. The van der Waals surface area contributed by atoms with Crippen LogP contribution in [0, 0.1) is 0 Å². The Kier molecular flexibility index (Phi) is 3.84. The summed E-state index contributed by atoms with van der Waals surface area (Å²) in [6.07, 6.45) is 5.46. The van der Waals surface area contributed by atoms with Gasteiger partial charge in [0.1, 0.15) is 0 Å². The van der Waals surface area contributed by atoms with Crippen LogP contribution < -0.4 is 0 Å². The van der Waals surface area contributed by atoms with Crippen LogP contribution in [-0.4, -0.2) is 39.3 Å². The van der Waals surface area contributed by atoms with Crippen molar-refractivity contribution in [1.29, 1.82) is 0 Å². The van der Waals surface area contributed by atoms with E-state index in [1.807, 2.05) is 7.05 Å². The highest BCUT2D eigenvalue weighted by molar-refractivity contribution is 5.44. The van der Waals surface area contributed by atoms with E-state index < -0.39 is 0 Å². The molecule has 2 atom stereocenters.